The summed E-state index contributed by atoms with van der Waals surface area (Å²) in [6, 6.07) is 0. The van der Waals surface area contributed by atoms with Crippen LogP contribution in [0.3, 0.4) is 0 Å². The molecule has 0 unspecified atom stereocenters. The maximum atomic E-state index is 11.8. The fourth-order valence-electron chi connectivity index (χ4n) is 1.42. The van der Waals surface area contributed by atoms with E-state index in [9.17, 15) is 9.18 Å². The smallest absolute Gasteiger partial charge is 0.226 e. The Labute approximate surface area is 87.3 Å². The molecule has 15 heavy (non-hydrogen) atoms. The molecular formula is C10H14FN3O. The highest BCUT2D eigenvalue weighted by Gasteiger charge is 2.25. The topological polar surface area (TPSA) is 57.8 Å². The first-order chi connectivity index (χ1) is 7.29. The van der Waals surface area contributed by atoms with Gasteiger partial charge in [0.15, 0.2) is 0 Å². The largest absolute Gasteiger partial charge is 0.328 e. The summed E-state index contributed by atoms with van der Waals surface area (Å²) in [6.07, 6.45) is 4.61. The molecule has 0 atom stereocenters. The van der Waals surface area contributed by atoms with Crippen LogP contribution in [0.2, 0.25) is 0 Å². The van der Waals surface area contributed by atoms with E-state index in [2.05, 4.69) is 15.3 Å². The minimum atomic E-state index is -0.459. The van der Waals surface area contributed by atoms with Crippen molar-refractivity contribution in [2.75, 3.05) is 12.0 Å². The van der Waals surface area contributed by atoms with Crippen LogP contribution in [0.4, 0.5) is 10.3 Å². The number of nitrogens with one attached hydrogen (secondary N) is 2. The minimum absolute atomic E-state index is 0.190. The van der Waals surface area contributed by atoms with E-state index in [4.69, 9.17) is 0 Å². The second-order valence-electron chi connectivity index (χ2n) is 3.80. The number of rotatable bonds is 5. The van der Waals surface area contributed by atoms with E-state index >= 15 is 0 Å². The van der Waals surface area contributed by atoms with Crippen LogP contribution in [0.25, 0.3) is 0 Å². The Morgan fingerprint density at radius 2 is 2.47 bits per heavy atom. The lowest BCUT2D eigenvalue weighted by molar-refractivity contribution is -0.116. The standard InChI is InChI=1S/C10H14FN3O/c11-5-1-2-9(15)14-10-12-6-8(13-10)7-3-4-7/h6-7H,1-5H2,(H2,12,13,14,15). The van der Waals surface area contributed by atoms with Crippen molar-refractivity contribution in [3.63, 3.8) is 0 Å². The molecule has 2 rings (SSSR count). The van der Waals surface area contributed by atoms with E-state index < -0.39 is 6.67 Å². The Balaban J connectivity index is 1.84. The van der Waals surface area contributed by atoms with Crippen LogP contribution in [0.5, 0.6) is 0 Å². The molecule has 4 nitrogen and oxygen atoms in total. The third-order valence-corrected chi connectivity index (χ3v) is 2.41. The van der Waals surface area contributed by atoms with E-state index in [-0.39, 0.29) is 18.7 Å². The molecule has 1 saturated carbocycles. The van der Waals surface area contributed by atoms with Crippen molar-refractivity contribution in [1.29, 1.82) is 0 Å². The van der Waals surface area contributed by atoms with E-state index in [0.29, 0.717) is 11.9 Å². The molecule has 82 valence electrons. The summed E-state index contributed by atoms with van der Waals surface area (Å²) in [5.74, 6) is 0.874. The second-order valence-corrected chi connectivity index (χ2v) is 3.80. The van der Waals surface area contributed by atoms with Gasteiger partial charge >= 0.3 is 0 Å². The predicted octanol–water partition coefficient (Wildman–Crippen LogP) is 1.98. The normalized spacial score (nSPS) is 15.3. The lowest BCUT2D eigenvalue weighted by Gasteiger charge is -1.99. The Morgan fingerprint density at radius 3 is 3.13 bits per heavy atom. The number of anilines is 1. The third-order valence-electron chi connectivity index (χ3n) is 2.41. The van der Waals surface area contributed by atoms with Gasteiger partial charge in [0.05, 0.1) is 12.9 Å². The van der Waals surface area contributed by atoms with Crippen molar-refractivity contribution in [1.82, 2.24) is 9.97 Å². The number of carbonyl (C=O) groups excluding carboxylic acids is 1. The van der Waals surface area contributed by atoms with Crippen LogP contribution >= 0.6 is 0 Å². The monoisotopic (exact) mass is 211 g/mol. The highest BCUT2D eigenvalue weighted by molar-refractivity contribution is 5.88. The zero-order valence-electron chi connectivity index (χ0n) is 8.42. The molecule has 0 aliphatic heterocycles. The molecule has 1 aliphatic carbocycles. The number of nitrogens with zero attached hydrogens (tertiary/aromatic N) is 1. The van der Waals surface area contributed by atoms with Gasteiger partial charge in [0, 0.05) is 18.0 Å². The lowest BCUT2D eigenvalue weighted by Crippen LogP contribution is -2.12. The molecule has 1 aliphatic rings. The molecule has 1 aromatic heterocycles. The van der Waals surface area contributed by atoms with Gasteiger partial charge in [-0.05, 0) is 19.3 Å². The Bertz CT molecular complexity index is 346. The van der Waals surface area contributed by atoms with E-state index in [1.807, 2.05) is 0 Å². The molecule has 0 aromatic carbocycles. The van der Waals surface area contributed by atoms with Crippen LogP contribution in [0.15, 0.2) is 6.20 Å². The summed E-state index contributed by atoms with van der Waals surface area (Å²) < 4.78 is 11.8. The summed E-state index contributed by atoms with van der Waals surface area (Å²) >= 11 is 0. The van der Waals surface area contributed by atoms with Gasteiger partial charge in [-0.25, -0.2) is 4.98 Å². The maximum Gasteiger partial charge on any atom is 0.226 e. The predicted molar refractivity (Wildman–Crippen MR) is 54.4 cm³/mol. The zero-order valence-corrected chi connectivity index (χ0v) is 8.42. The Morgan fingerprint density at radius 1 is 1.67 bits per heavy atom. The Hall–Kier alpha value is -1.39. The number of aromatic nitrogens is 2. The van der Waals surface area contributed by atoms with Gasteiger partial charge in [0.2, 0.25) is 11.9 Å². The van der Waals surface area contributed by atoms with E-state index in [0.717, 1.165) is 5.69 Å². The lowest BCUT2D eigenvalue weighted by atomic mass is 10.3. The van der Waals surface area contributed by atoms with Gasteiger partial charge < -0.3 is 4.98 Å². The molecule has 0 radical (unpaired) electrons. The van der Waals surface area contributed by atoms with E-state index in [1.54, 1.807) is 6.20 Å². The molecule has 0 bridgehead atoms. The minimum Gasteiger partial charge on any atom is -0.328 e. The van der Waals surface area contributed by atoms with Crippen molar-refractivity contribution in [2.45, 2.75) is 31.6 Å². The number of hydrogen-bond acceptors (Lipinski definition) is 2. The van der Waals surface area contributed by atoms with E-state index in [1.165, 1.54) is 12.8 Å². The molecule has 1 aromatic rings. The molecular weight excluding hydrogens is 197 g/mol. The van der Waals surface area contributed by atoms with Crippen molar-refractivity contribution in [3.8, 4) is 0 Å². The van der Waals surface area contributed by atoms with Gasteiger partial charge in [-0.2, -0.15) is 0 Å². The summed E-state index contributed by atoms with van der Waals surface area (Å²) in [7, 11) is 0. The van der Waals surface area contributed by atoms with Crippen LogP contribution in [-0.4, -0.2) is 22.5 Å². The maximum absolute atomic E-state index is 11.8. The quantitative estimate of drug-likeness (QED) is 0.782. The first kappa shape index (κ1) is 10.1. The first-order valence-corrected chi connectivity index (χ1v) is 5.20. The number of aromatic amines is 1. The number of hydrogen-bond donors (Lipinski definition) is 2. The molecule has 0 spiro atoms. The van der Waals surface area contributed by atoms with Gasteiger partial charge in [-0.1, -0.05) is 0 Å². The Kier molecular flexibility index (Phi) is 2.99. The van der Waals surface area contributed by atoms with Gasteiger partial charge in [-0.3, -0.25) is 14.5 Å². The number of carbonyl (C=O) groups is 1. The highest BCUT2D eigenvalue weighted by Crippen LogP contribution is 2.39. The third kappa shape index (κ3) is 2.78. The van der Waals surface area contributed by atoms with Crippen LogP contribution < -0.4 is 5.32 Å². The van der Waals surface area contributed by atoms with Gasteiger partial charge in [-0.15, -0.1) is 0 Å². The van der Waals surface area contributed by atoms with Crippen molar-refractivity contribution in [3.05, 3.63) is 11.9 Å². The fourth-order valence-corrected chi connectivity index (χ4v) is 1.42. The fraction of sp³-hybridized carbons (Fsp3) is 0.600. The molecule has 5 heteroatoms. The van der Waals surface area contributed by atoms with Gasteiger partial charge in [0.1, 0.15) is 0 Å². The SMILES string of the molecule is O=C(CCCF)Nc1ncc(C2CC2)[nH]1. The summed E-state index contributed by atoms with van der Waals surface area (Å²) in [4.78, 5) is 18.3. The first-order valence-electron chi connectivity index (χ1n) is 5.20. The number of H-pyrrole nitrogens is 1. The van der Waals surface area contributed by atoms with Crippen LogP contribution in [0, 0.1) is 0 Å². The number of halogens is 1. The molecule has 1 amide bonds. The van der Waals surface area contributed by atoms with Gasteiger partial charge in [0.25, 0.3) is 0 Å². The average molecular weight is 211 g/mol. The molecule has 2 N–H and O–H groups in total. The van der Waals surface area contributed by atoms with Crippen LogP contribution in [-0.2, 0) is 4.79 Å². The number of amides is 1. The van der Waals surface area contributed by atoms with Crippen molar-refractivity contribution < 1.29 is 9.18 Å². The summed E-state index contributed by atoms with van der Waals surface area (Å²) in [5.41, 5.74) is 1.08. The average Bonchev–Trinajstić information content (AvgIpc) is 2.98. The molecule has 1 fully saturated rings. The van der Waals surface area contributed by atoms with Crippen LogP contribution in [0.1, 0.15) is 37.3 Å². The molecule has 1 heterocycles. The van der Waals surface area contributed by atoms with Crippen molar-refractivity contribution in [2.24, 2.45) is 0 Å². The molecule has 0 saturated heterocycles. The van der Waals surface area contributed by atoms with Crippen molar-refractivity contribution >= 4 is 11.9 Å². The number of imidazole rings is 1. The summed E-state index contributed by atoms with van der Waals surface area (Å²) in [5, 5.41) is 2.61. The summed E-state index contributed by atoms with van der Waals surface area (Å²) in [6.45, 7) is -0.459. The second kappa shape index (κ2) is 4.42. The zero-order chi connectivity index (χ0) is 10.7. The number of alkyl halides is 1. The highest BCUT2D eigenvalue weighted by atomic mass is 19.1.